The number of Topliss-reactive ketones (excluding diaryl/α,β-unsaturated/α-hetero) is 1. The van der Waals surface area contributed by atoms with Gasteiger partial charge in [-0.05, 0) is 32.8 Å². The molecular weight excluding hydrogens is 318 g/mol. The van der Waals surface area contributed by atoms with Crippen molar-refractivity contribution >= 4 is 11.7 Å². The van der Waals surface area contributed by atoms with Crippen LogP contribution in [-0.4, -0.2) is 44.1 Å². The Morgan fingerprint density at radius 1 is 1.24 bits per heavy atom. The molecule has 0 bridgehead atoms. The molecule has 1 N–H and O–H groups in total. The molecule has 0 spiro atoms. The van der Waals surface area contributed by atoms with Crippen molar-refractivity contribution < 1.29 is 14.7 Å². The van der Waals surface area contributed by atoms with Gasteiger partial charge in [0.25, 0.3) is 11.7 Å². The van der Waals surface area contributed by atoms with E-state index in [-0.39, 0.29) is 12.6 Å². The molecule has 25 heavy (non-hydrogen) atoms. The number of hydrogen-bond acceptors (Lipinski definition) is 4. The van der Waals surface area contributed by atoms with E-state index in [0.717, 1.165) is 5.56 Å². The second kappa shape index (κ2) is 8.07. The third kappa shape index (κ3) is 4.14. The summed E-state index contributed by atoms with van der Waals surface area (Å²) in [6, 6.07) is 9.27. The summed E-state index contributed by atoms with van der Waals surface area (Å²) in [4.78, 5) is 27.3. The van der Waals surface area contributed by atoms with E-state index in [1.165, 1.54) is 4.90 Å². The number of rotatable bonds is 7. The average molecular weight is 343 g/mol. The summed E-state index contributed by atoms with van der Waals surface area (Å²) in [6.45, 7) is 5.63. The van der Waals surface area contributed by atoms with Crippen LogP contribution in [0.1, 0.15) is 40.7 Å². The van der Waals surface area contributed by atoms with Crippen LogP contribution in [0.2, 0.25) is 0 Å². The van der Waals surface area contributed by atoms with Crippen LogP contribution in [0.4, 0.5) is 0 Å². The number of carbonyl (C=O) groups excluding carboxylic acids is 2. The zero-order valence-corrected chi connectivity index (χ0v) is 15.2. The van der Waals surface area contributed by atoms with Crippen LogP contribution >= 0.6 is 0 Å². The maximum atomic E-state index is 12.9. The first kappa shape index (κ1) is 18.9. The van der Waals surface area contributed by atoms with E-state index in [1.807, 2.05) is 37.3 Å². The lowest BCUT2D eigenvalue weighted by molar-refractivity contribution is -0.129. The molecule has 1 aromatic heterocycles. The first-order valence-electron chi connectivity index (χ1n) is 8.37. The smallest absolute Gasteiger partial charge is 0.295 e. The molecule has 1 unspecified atom stereocenters. The second-order valence-corrected chi connectivity index (χ2v) is 6.28. The van der Waals surface area contributed by atoms with E-state index in [4.69, 9.17) is 0 Å². The number of hydrogen-bond donors (Lipinski definition) is 1. The van der Waals surface area contributed by atoms with E-state index in [9.17, 15) is 14.7 Å². The molecule has 0 saturated heterocycles. The zero-order chi connectivity index (χ0) is 18.6. The molecule has 0 fully saturated rings. The van der Waals surface area contributed by atoms with Gasteiger partial charge in [-0.25, -0.2) is 0 Å². The number of aliphatic hydroxyl groups is 1. The molecule has 1 heterocycles. The molecule has 1 atom stereocenters. The lowest BCUT2D eigenvalue weighted by atomic mass is 10.1. The summed E-state index contributed by atoms with van der Waals surface area (Å²) >= 11 is 0. The quantitative estimate of drug-likeness (QED) is 0.616. The van der Waals surface area contributed by atoms with Gasteiger partial charge < -0.3 is 10.0 Å². The van der Waals surface area contributed by atoms with Gasteiger partial charge in [0.05, 0.1) is 11.3 Å². The minimum absolute atomic E-state index is 0.0428. The number of carbonyl (C=O) groups is 2. The van der Waals surface area contributed by atoms with Crippen molar-refractivity contribution in [2.75, 3.05) is 6.61 Å². The SMILES string of the molecule is Cc1nn(C)c(C)c1C(=O)C(=O)N(Cc1ccccc1)C(C)CCO. The molecule has 0 radical (unpaired) electrons. The van der Waals surface area contributed by atoms with Crippen LogP contribution in [0.3, 0.4) is 0 Å². The molecule has 6 nitrogen and oxygen atoms in total. The van der Waals surface area contributed by atoms with Crippen molar-refractivity contribution in [2.45, 2.75) is 39.8 Å². The fraction of sp³-hybridized carbons (Fsp3) is 0.421. The highest BCUT2D eigenvalue weighted by atomic mass is 16.3. The van der Waals surface area contributed by atoms with E-state index >= 15 is 0 Å². The summed E-state index contributed by atoms with van der Waals surface area (Å²) < 4.78 is 1.61. The lowest BCUT2D eigenvalue weighted by Crippen LogP contribution is -2.42. The van der Waals surface area contributed by atoms with Crippen LogP contribution < -0.4 is 0 Å². The first-order valence-corrected chi connectivity index (χ1v) is 8.37. The van der Waals surface area contributed by atoms with Gasteiger partial charge in [-0.2, -0.15) is 5.10 Å². The highest BCUT2D eigenvalue weighted by molar-refractivity contribution is 6.43. The van der Waals surface area contributed by atoms with Gasteiger partial charge >= 0.3 is 0 Å². The third-order valence-corrected chi connectivity index (χ3v) is 4.47. The normalized spacial score (nSPS) is 12.0. The van der Waals surface area contributed by atoms with E-state index in [2.05, 4.69) is 5.10 Å². The fourth-order valence-corrected chi connectivity index (χ4v) is 2.89. The fourth-order valence-electron chi connectivity index (χ4n) is 2.89. The van der Waals surface area contributed by atoms with Crippen molar-refractivity contribution in [3.63, 3.8) is 0 Å². The molecule has 0 aliphatic rings. The molecule has 2 rings (SSSR count). The molecule has 0 aliphatic carbocycles. The third-order valence-electron chi connectivity index (χ3n) is 4.47. The molecule has 2 aromatic rings. The van der Waals surface area contributed by atoms with Gasteiger partial charge in [0, 0.05) is 31.9 Å². The Balaban J connectivity index is 2.32. The van der Waals surface area contributed by atoms with E-state index in [0.29, 0.717) is 29.9 Å². The van der Waals surface area contributed by atoms with Crippen LogP contribution in [0, 0.1) is 13.8 Å². The number of nitrogens with zero attached hydrogens (tertiary/aromatic N) is 3. The van der Waals surface area contributed by atoms with Crippen molar-refractivity contribution in [2.24, 2.45) is 7.05 Å². The number of ketones is 1. The summed E-state index contributed by atoms with van der Waals surface area (Å²) in [7, 11) is 1.75. The Bertz CT molecular complexity index is 753. The van der Waals surface area contributed by atoms with Crippen molar-refractivity contribution in [3.8, 4) is 0 Å². The van der Waals surface area contributed by atoms with E-state index < -0.39 is 11.7 Å². The minimum atomic E-state index is -0.566. The Morgan fingerprint density at radius 3 is 2.40 bits per heavy atom. The van der Waals surface area contributed by atoms with Crippen molar-refractivity contribution in [3.05, 3.63) is 52.8 Å². The van der Waals surface area contributed by atoms with Gasteiger partial charge in [0.2, 0.25) is 0 Å². The van der Waals surface area contributed by atoms with Crippen LogP contribution in [0.25, 0.3) is 0 Å². The largest absolute Gasteiger partial charge is 0.396 e. The Morgan fingerprint density at radius 2 is 1.88 bits per heavy atom. The summed E-state index contributed by atoms with van der Waals surface area (Å²) in [5.74, 6) is -1.12. The molecule has 1 aromatic carbocycles. The van der Waals surface area contributed by atoms with Gasteiger partial charge in [0.1, 0.15) is 0 Å². The monoisotopic (exact) mass is 343 g/mol. The minimum Gasteiger partial charge on any atom is -0.396 e. The molecule has 6 heteroatoms. The highest BCUT2D eigenvalue weighted by Crippen LogP contribution is 2.17. The Kier molecular flexibility index (Phi) is 6.09. The topological polar surface area (TPSA) is 75.4 Å². The second-order valence-electron chi connectivity index (χ2n) is 6.28. The van der Waals surface area contributed by atoms with E-state index in [1.54, 1.807) is 25.6 Å². The van der Waals surface area contributed by atoms with Gasteiger partial charge in [-0.1, -0.05) is 30.3 Å². The highest BCUT2D eigenvalue weighted by Gasteiger charge is 2.30. The first-order chi connectivity index (χ1) is 11.9. The molecule has 134 valence electrons. The predicted octanol–water partition coefficient (Wildman–Crippen LogP) is 2.02. The van der Waals surface area contributed by atoms with Gasteiger partial charge in [0.15, 0.2) is 0 Å². The summed E-state index contributed by atoms with van der Waals surface area (Å²) in [6.07, 6.45) is 0.414. The van der Waals surface area contributed by atoms with Crippen LogP contribution in [0.5, 0.6) is 0 Å². The Labute approximate surface area is 148 Å². The van der Waals surface area contributed by atoms with Crippen LogP contribution in [0.15, 0.2) is 30.3 Å². The molecule has 0 aliphatic heterocycles. The standard InChI is InChI=1S/C19H25N3O3/c1-13(10-11-23)22(12-16-8-6-5-7-9-16)19(25)18(24)17-14(2)20-21(4)15(17)3/h5-9,13,23H,10-12H2,1-4H3. The van der Waals surface area contributed by atoms with Crippen molar-refractivity contribution in [1.82, 2.24) is 14.7 Å². The Hall–Kier alpha value is -2.47. The summed E-state index contributed by atoms with van der Waals surface area (Å²) in [5.41, 5.74) is 2.52. The lowest BCUT2D eigenvalue weighted by Gasteiger charge is -2.28. The zero-order valence-electron chi connectivity index (χ0n) is 15.2. The van der Waals surface area contributed by atoms with Crippen LogP contribution in [-0.2, 0) is 18.4 Å². The number of aromatic nitrogens is 2. The average Bonchev–Trinajstić information content (AvgIpc) is 2.85. The predicted molar refractivity (Wildman–Crippen MR) is 95.2 cm³/mol. The van der Waals surface area contributed by atoms with Crippen molar-refractivity contribution in [1.29, 1.82) is 0 Å². The summed E-state index contributed by atoms with van der Waals surface area (Å²) in [5, 5.41) is 13.5. The van der Waals surface area contributed by atoms with Gasteiger partial charge in [-0.3, -0.25) is 14.3 Å². The van der Waals surface area contributed by atoms with Gasteiger partial charge in [-0.15, -0.1) is 0 Å². The number of benzene rings is 1. The number of aryl methyl sites for hydroxylation is 2. The molecular formula is C19H25N3O3. The molecule has 0 saturated carbocycles. The maximum Gasteiger partial charge on any atom is 0.295 e. The number of aliphatic hydroxyl groups excluding tert-OH is 1. The maximum absolute atomic E-state index is 12.9. The molecule has 1 amide bonds. The number of amides is 1.